The average Bonchev–Trinajstić information content (AvgIpc) is 3.87. The molecule has 10 rings (SSSR count). The van der Waals surface area contributed by atoms with Gasteiger partial charge in [0, 0.05) is 41.0 Å². The number of halogens is 1. The Hall–Kier alpha value is -5.99. The van der Waals surface area contributed by atoms with Gasteiger partial charge in [-0.1, -0.05) is 53.4 Å². The van der Waals surface area contributed by atoms with E-state index in [2.05, 4.69) is 121 Å². The van der Waals surface area contributed by atoms with Crippen molar-refractivity contribution < 1.29 is 33.0 Å². The quantitative estimate of drug-likeness (QED) is 0.112. The van der Waals surface area contributed by atoms with Gasteiger partial charge in [0.15, 0.2) is 0 Å². The van der Waals surface area contributed by atoms with Crippen molar-refractivity contribution >= 4 is 50.8 Å². The molecule has 5 nitrogen and oxygen atoms in total. The molecule has 0 atom stereocenters. The number of hydrogen-bond donors (Lipinski definition) is 0. The van der Waals surface area contributed by atoms with Gasteiger partial charge in [-0.2, -0.15) is 0 Å². The van der Waals surface area contributed by atoms with Crippen LogP contribution >= 0.6 is 0 Å². The Morgan fingerprint density at radius 2 is 1.46 bits per heavy atom. The van der Waals surface area contributed by atoms with Gasteiger partial charge in [0.25, 0.3) is 0 Å². The van der Waals surface area contributed by atoms with Crippen LogP contribution in [0.3, 0.4) is 0 Å². The first-order valence-corrected chi connectivity index (χ1v) is 29.0. The van der Waals surface area contributed by atoms with E-state index in [1.54, 1.807) is 6.07 Å². The summed E-state index contributed by atoms with van der Waals surface area (Å²) in [7, 11) is 0. The Labute approximate surface area is 401 Å². The van der Waals surface area contributed by atoms with Gasteiger partial charge in [0.2, 0.25) is 5.71 Å². The standard InChI is InChI=1S/C33H24N3O.C24H27FGeN.Ir/c1-20-18-24(23-10-5-4-6-11-23)19-21(2)30(20)36-29-15-8-7-14-28(29)35-32(36)27-13-9-12-25-26-17-16-22(3)34-33(26)37-31(25)27;1-17(2)13-20-15-24(27-16-23(20)26(3,4)5)19-11-12-22(25)21(14-19)18-9-7-6-8-10-18;/h4-12,14-19H,1-3H3;6-10,12,14-17H,13H2,1-5H3;/q2*-1;/i3D3;;. The van der Waals surface area contributed by atoms with Gasteiger partial charge in [-0.05, 0) is 79.4 Å². The van der Waals surface area contributed by atoms with E-state index in [1.807, 2.05) is 72.8 Å². The molecular formula is C57H51FGeIrN4O-2. The zero-order chi connectivity index (χ0) is 47.2. The molecular weight excluding hydrogens is 1040 g/mol. The van der Waals surface area contributed by atoms with E-state index in [4.69, 9.17) is 18.5 Å². The van der Waals surface area contributed by atoms with Crippen LogP contribution in [0, 0.1) is 44.6 Å². The van der Waals surface area contributed by atoms with Crippen molar-refractivity contribution in [2.24, 2.45) is 5.92 Å². The number of aromatic nitrogens is 4. The summed E-state index contributed by atoms with van der Waals surface area (Å²) in [6, 6.07) is 51.5. The van der Waals surface area contributed by atoms with Gasteiger partial charge in [-0.25, -0.2) is 4.98 Å². The van der Waals surface area contributed by atoms with Crippen LogP contribution in [-0.4, -0.2) is 32.8 Å². The first-order chi connectivity index (χ1) is 32.0. The van der Waals surface area contributed by atoms with E-state index in [0.29, 0.717) is 28.5 Å². The van der Waals surface area contributed by atoms with E-state index in [0.717, 1.165) is 67.4 Å². The number of aryl methyl sites for hydroxylation is 3. The molecule has 0 fully saturated rings. The van der Waals surface area contributed by atoms with Gasteiger partial charge in [-0.3, -0.25) is 4.98 Å². The molecule has 0 bridgehead atoms. The molecule has 4 aromatic heterocycles. The topological polar surface area (TPSA) is 56.7 Å². The second kappa shape index (κ2) is 18.9. The number of rotatable bonds is 8. The number of nitrogens with zero attached hydrogens (tertiary/aromatic N) is 4. The van der Waals surface area contributed by atoms with Crippen LogP contribution in [0.15, 0.2) is 150 Å². The molecule has 10 aromatic rings. The minimum Gasteiger partial charge on any atom is -0.486 e. The SMILES string of the molecule is CC(C)Cc1cc(-c2[c-]cc(F)c(-c3ccccc3)c2)nc[c]1[Ge]([CH3])([CH3])[CH3].[2H]C([2H])([2H])c1ccc2c(n1)oc1c(-c3nc4ccccc4n3-c3c(C)cc(-c4ccccc4)cc3C)[c-]ccc12.[Ir]. The average molecular weight is 1090 g/mol. The fourth-order valence-electron chi connectivity index (χ4n) is 8.70. The molecule has 0 amide bonds. The first kappa shape index (κ1) is 41.7. The minimum absolute atomic E-state index is 0. The summed E-state index contributed by atoms with van der Waals surface area (Å²) in [5.41, 5.74) is 13.5. The van der Waals surface area contributed by atoms with Crippen molar-refractivity contribution in [3.8, 4) is 50.6 Å². The number of fused-ring (bicyclic) bond motifs is 4. The first-order valence-electron chi connectivity index (χ1n) is 23.2. The predicted octanol–water partition coefficient (Wildman–Crippen LogP) is 14.5. The van der Waals surface area contributed by atoms with Crippen LogP contribution in [0.5, 0.6) is 0 Å². The molecule has 4 heterocycles. The van der Waals surface area contributed by atoms with Crippen molar-refractivity contribution in [3.63, 3.8) is 0 Å². The molecule has 0 aliphatic carbocycles. The Balaban J connectivity index is 0.000000196. The molecule has 0 saturated carbocycles. The van der Waals surface area contributed by atoms with Gasteiger partial charge >= 0.3 is 165 Å². The molecule has 0 saturated heterocycles. The Kier molecular flexibility index (Phi) is 12.1. The molecule has 0 N–H and O–H groups in total. The van der Waals surface area contributed by atoms with Gasteiger partial charge in [-0.15, -0.1) is 18.2 Å². The maximum atomic E-state index is 14.4. The van der Waals surface area contributed by atoms with Crippen molar-refractivity contribution in [1.82, 2.24) is 19.5 Å². The zero-order valence-corrected chi connectivity index (χ0v) is 42.0. The smallest absolute Gasteiger partial charge is 0.216 e. The summed E-state index contributed by atoms with van der Waals surface area (Å²) in [4.78, 5) is 14.1. The fourth-order valence-corrected chi connectivity index (χ4v) is 12.0. The van der Waals surface area contributed by atoms with Crippen LogP contribution in [0.4, 0.5) is 4.39 Å². The minimum atomic E-state index is -2.32. The van der Waals surface area contributed by atoms with Gasteiger partial charge < -0.3 is 8.98 Å². The van der Waals surface area contributed by atoms with Crippen LogP contribution in [0.1, 0.15) is 40.3 Å². The third-order valence-corrected chi connectivity index (χ3v) is 15.9. The summed E-state index contributed by atoms with van der Waals surface area (Å²) in [5, 5.41) is 1.58. The third-order valence-electron chi connectivity index (χ3n) is 11.6. The normalized spacial score (nSPS) is 12.4. The van der Waals surface area contributed by atoms with Crippen LogP contribution in [0.25, 0.3) is 83.7 Å². The summed E-state index contributed by atoms with van der Waals surface area (Å²) < 4.78 is 47.6. The van der Waals surface area contributed by atoms with Gasteiger partial charge in [0.1, 0.15) is 0 Å². The number of pyridine rings is 2. The zero-order valence-electron chi connectivity index (χ0n) is 40.5. The molecule has 327 valence electrons. The molecule has 0 unspecified atom stereocenters. The second-order valence-electron chi connectivity index (χ2n) is 17.9. The fraction of sp³-hybridized carbons (Fsp3) is 0.175. The molecule has 65 heavy (non-hydrogen) atoms. The van der Waals surface area contributed by atoms with E-state index in [-0.39, 0.29) is 37.3 Å². The van der Waals surface area contributed by atoms with Crippen LogP contribution in [-0.2, 0) is 26.5 Å². The summed E-state index contributed by atoms with van der Waals surface area (Å²) in [6.45, 7) is 6.42. The molecule has 0 aliphatic heterocycles. The maximum absolute atomic E-state index is 14.4. The summed E-state index contributed by atoms with van der Waals surface area (Å²) in [5.74, 6) is 8.23. The van der Waals surface area contributed by atoms with Gasteiger partial charge in [0.05, 0.1) is 22.4 Å². The Morgan fingerprint density at radius 3 is 2.15 bits per heavy atom. The van der Waals surface area contributed by atoms with E-state index < -0.39 is 20.1 Å². The van der Waals surface area contributed by atoms with E-state index in [1.165, 1.54) is 27.7 Å². The molecule has 1 radical (unpaired) electrons. The molecule has 0 aliphatic rings. The third kappa shape index (κ3) is 9.28. The van der Waals surface area contributed by atoms with Crippen LogP contribution in [0.2, 0.25) is 17.3 Å². The Bertz CT molecular complexity index is 3410. The molecule has 0 spiro atoms. The number of furan rings is 1. The predicted molar refractivity (Wildman–Crippen MR) is 265 cm³/mol. The monoisotopic (exact) mass is 1100 g/mol. The maximum Gasteiger partial charge on any atom is 0.216 e. The van der Waals surface area contributed by atoms with Crippen molar-refractivity contribution in [2.75, 3.05) is 0 Å². The number of para-hydroxylation sites is 2. The number of benzene rings is 6. The van der Waals surface area contributed by atoms with Crippen molar-refractivity contribution in [1.29, 1.82) is 0 Å². The van der Waals surface area contributed by atoms with E-state index in [9.17, 15) is 4.39 Å². The van der Waals surface area contributed by atoms with E-state index >= 15 is 0 Å². The summed E-state index contributed by atoms with van der Waals surface area (Å²) in [6.07, 6.45) is 3.10. The number of imidazole rings is 1. The number of hydrogen-bond acceptors (Lipinski definition) is 4. The van der Waals surface area contributed by atoms with Crippen molar-refractivity contribution in [2.45, 2.75) is 58.2 Å². The Morgan fingerprint density at radius 1 is 0.769 bits per heavy atom. The molecule has 8 heteroatoms. The largest absolute Gasteiger partial charge is 0.486 e. The second-order valence-corrected chi connectivity index (χ2v) is 28.5. The molecule has 6 aromatic carbocycles. The van der Waals surface area contributed by atoms with Crippen LogP contribution < -0.4 is 4.40 Å². The summed E-state index contributed by atoms with van der Waals surface area (Å²) >= 11 is -2.00. The van der Waals surface area contributed by atoms with Crippen molar-refractivity contribution in [3.05, 3.63) is 186 Å².